The minimum absolute atomic E-state index is 0.0384. The van der Waals surface area contributed by atoms with Crippen molar-refractivity contribution in [2.45, 2.75) is 6.92 Å². The molecule has 1 N–H and O–H groups in total. The first kappa shape index (κ1) is 18.7. The summed E-state index contributed by atoms with van der Waals surface area (Å²) in [6.45, 7) is 1.55. The van der Waals surface area contributed by atoms with Crippen molar-refractivity contribution in [3.63, 3.8) is 0 Å². The Morgan fingerprint density at radius 1 is 1.15 bits per heavy atom. The summed E-state index contributed by atoms with van der Waals surface area (Å²) in [5, 5.41) is 3.24. The van der Waals surface area contributed by atoms with E-state index in [1.807, 2.05) is 0 Å². The Hall–Kier alpha value is -2.09. The van der Waals surface area contributed by atoms with Crippen molar-refractivity contribution in [1.29, 1.82) is 0 Å². The van der Waals surface area contributed by atoms with Gasteiger partial charge in [-0.15, -0.1) is 0 Å². The highest BCUT2D eigenvalue weighted by Gasteiger charge is 2.42. The third kappa shape index (κ3) is 3.56. The second-order valence-electron chi connectivity index (χ2n) is 5.91. The van der Waals surface area contributed by atoms with Crippen LogP contribution in [0.1, 0.15) is 17.3 Å². The second kappa shape index (κ2) is 6.90. The van der Waals surface area contributed by atoms with Gasteiger partial charge in [0, 0.05) is 10.7 Å². The molecule has 0 saturated carbocycles. The van der Waals surface area contributed by atoms with Gasteiger partial charge >= 0.3 is 0 Å². The maximum Gasteiger partial charge on any atom is 0.257 e. The summed E-state index contributed by atoms with van der Waals surface area (Å²) in [6, 6.07) is 10.6. The van der Waals surface area contributed by atoms with Crippen molar-refractivity contribution in [3.05, 3.63) is 58.1 Å². The number of carbonyl (C=O) groups excluding carboxylic acids is 2. The molecule has 0 aromatic heterocycles. The number of hydrogen-bond donors (Lipinski definition) is 1. The van der Waals surface area contributed by atoms with E-state index < -0.39 is 27.8 Å². The minimum atomic E-state index is -3.73. The van der Waals surface area contributed by atoms with Crippen molar-refractivity contribution in [1.82, 2.24) is 0 Å². The van der Waals surface area contributed by atoms with Crippen LogP contribution in [-0.2, 0) is 14.8 Å². The summed E-state index contributed by atoms with van der Waals surface area (Å²) in [4.78, 5) is 24.5. The van der Waals surface area contributed by atoms with E-state index in [1.54, 1.807) is 31.2 Å². The Kier molecular flexibility index (Phi) is 4.96. The number of carbonyl (C=O) groups is 2. The Balaban J connectivity index is 1.87. The molecule has 0 radical (unpaired) electrons. The Labute approximate surface area is 160 Å². The van der Waals surface area contributed by atoms with Gasteiger partial charge < -0.3 is 5.32 Å². The van der Waals surface area contributed by atoms with E-state index >= 15 is 0 Å². The molecule has 2 aromatic carbocycles. The van der Waals surface area contributed by atoms with Crippen LogP contribution in [0.25, 0.3) is 0 Å². The Bertz CT molecular complexity index is 990. The van der Waals surface area contributed by atoms with Crippen molar-refractivity contribution < 1.29 is 18.0 Å². The molecule has 1 unspecified atom stereocenters. The van der Waals surface area contributed by atoms with Crippen LogP contribution in [-0.4, -0.2) is 26.0 Å². The van der Waals surface area contributed by atoms with Crippen LogP contribution in [0.3, 0.4) is 0 Å². The maximum absolute atomic E-state index is 12.4. The first-order chi connectivity index (χ1) is 12.2. The lowest BCUT2D eigenvalue weighted by molar-refractivity contribution is -0.119. The number of anilines is 2. The van der Waals surface area contributed by atoms with E-state index in [2.05, 4.69) is 5.32 Å². The topological polar surface area (TPSA) is 83.6 Å². The Morgan fingerprint density at radius 3 is 2.35 bits per heavy atom. The second-order valence-corrected chi connectivity index (χ2v) is 8.61. The first-order valence-corrected chi connectivity index (χ1v) is 9.99. The van der Waals surface area contributed by atoms with Gasteiger partial charge in [-0.1, -0.05) is 30.1 Å². The highest BCUT2D eigenvalue weighted by Crippen LogP contribution is 2.31. The molecule has 136 valence electrons. The summed E-state index contributed by atoms with van der Waals surface area (Å²) in [6.07, 6.45) is 0. The van der Waals surface area contributed by atoms with Gasteiger partial charge in [0.2, 0.25) is 15.9 Å². The predicted octanol–water partition coefficient (Wildman–Crippen LogP) is 3.56. The van der Waals surface area contributed by atoms with Crippen molar-refractivity contribution in [2.75, 3.05) is 15.4 Å². The Morgan fingerprint density at radius 2 is 1.81 bits per heavy atom. The lowest BCUT2D eigenvalue weighted by atomic mass is 10.1. The molecule has 0 aliphatic carbocycles. The fourth-order valence-electron chi connectivity index (χ4n) is 2.63. The van der Waals surface area contributed by atoms with Gasteiger partial charge in [0.25, 0.3) is 5.91 Å². The third-order valence-corrected chi connectivity index (χ3v) is 6.33. The number of amides is 2. The normalized spacial score (nSPS) is 18.8. The molecule has 6 nitrogen and oxygen atoms in total. The van der Waals surface area contributed by atoms with Gasteiger partial charge in [-0.3, -0.25) is 9.59 Å². The van der Waals surface area contributed by atoms with Gasteiger partial charge in [0.15, 0.2) is 0 Å². The largest absolute Gasteiger partial charge is 0.322 e. The zero-order chi connectivity index (χ0) is 19.1. The fourth-order valence-corrected chi connectivity index (χ4v) is 4.83. The number of nitrogens with one attached hydrogen (secondary N) is 1. The molecule has 3 rings (SSSR count). The summed E-state index contributed by atoms with van der Waals surface area (Å²) < 4.78 is 25.0. The molecule has 26 heavy (non-hydrogen) atoms. The van der Waals surface area contributed by atoms with Gasteiger partial charge in [0.1, 0.15) is 0 Å². The van der Waals surface area contributed by atoms with Gasteiger partial charge in [0.05, 0.1) is 27.9 Å². The molecule has 2 amide bonds. The molecule has 0 spiro atoms. The lowest BCUT2D eigenvalue weighted by Gasteiger charge is -2.16. The van der Waals surface area contributed by atoms with E-state index in [0.29, 0.717) is 10.7 Å². The van der Waals surface area contributed by atoms with Gasteiger partial charge in [-0.2, -0.15) is 0 Å². The summed E-state index contributed by atoms with van der Waals surface area (Å²) in [5.41, 5.74) is 0.806. The molecule has 1 heterocycles. The zero-order valence-corrected chi connectivity index (χ0v) is 15.9. The van der Waals surface area contributed by atoms with E-state index in [0.717, 1.165) is 4.31 Å². The van der Waals surface area contributed by atoms with Gasteiger partial charge in [-0.05, 0) is 42.5 Å². The van der Waals surface area contributed by atoms with Crippen LogP contribution in [0, 0.1) is 5.92 Å². The quantitative estimate of drug-likeness (QED) is 0.834. The average Bonchev–Trinajstić information content (AvgIpc) is 2.77. The average molecular weight is 413 g/mol. The first-order valence-electron chi connectivity index (χ1n) is 7.62. The number of benzene rings is 2. The number of hydrogen-bond acceptors (Lipinski definition) is 4. The smallest absolute Gasteiger partial charge is 0.257 e. The SMILES string of the molecule is CC1CS(=O)(=O)N(c2ccc(C(=O)Nc3ccc(Cl)cc3)c(Cl)c2)C1=O. The molecule has 1 fully saturated rings. The van der Waals surface area contributed by atoms with E-state index in [-0.39, 0.29) is 22.0 Å². The number of rotatable bonds is 3. The minimum Gasteiger partial charge on any atom is -0.322 e. The molecular formula is C17H14Cl2N2O4S. The number of nitrogens with zero attached hydrogens (tertiary/aromatic N) is 1. The van der Waals surface area contributed by atoms with Crippen LogP contribution in [0.4, 0.5) is 11.4 Å². The lowest BCUT2D eigenvalue weighted by Crippen LogP contribution is -2.30. The number of sulfonamides is 1. The predicted molar refractivity (Wildman–Crippen MR) is 101 cm³/mol. The fraction of sp³-hybridized carbons (Fsp3) is 0.176. The van der Waals surface area contributed by atoms with Crippen molar-refractivity contribution >= 4 is 56.4 Å². The van der Waals surface area contributed by atoms with E-state index in [9.17, 15) is 18.0 Å². The molecule has 1 aliphatic rings. The summed E-state index contributed by atoms with van der Waals surface area (Å²) in [7, 11) is -3.73. The molecule has 0 bridgehead atoms. The van der Waals surface area contributed by atoms with Gasteiger partial charge in [-0.25, -0.2) is 12.7 Å². The zero-order valence-electron chi connectivity index (χ0n) is 13.6. The van der Waals surface area contributed by atoms with Crippen LogP contribution in [0.5, 0.6) is 0 Å². The summed E-state index contributed by atoms with van der Waals surface area (Å²) >= 11 is 12.0. The molecule has 1 aliphatic heterocycles. The summed E-state index contributed by atoms with van der Waals surface area (Å²) in [5.74, 6) is -1.85. The van der Waals surface area contributed by atoms with E-state index in [4.69, 9.17) is 23.2 Å². The third-order valence-electron chi connectivity index (χ3n) is 3.89. The molecule has 1 atom stereocenters. The molecule has 9 heteroatoms. The molecular weight excluding hydrogens is 399 g/mol. The van der Waals surface area contributed by atoms with E-state index in [1.165, 1.54) is 18.2 Å². The number of halogens is 2. The van der Waals surface area contributed by atoms with Crippen LogP contribution >= 0.6 is 23.2 Å². The molecule has 1 saturated heterocycles. The highest BCUT2D eigenvalue weighted by atomic mass is 35.5. The highest BCUT2D eigenvalue weighted by molar-refractivity contribution is 7.94. The standard InChI is InChI=1S/C17H14Cl2N2O4S/c1-10-9-26(24,25)21(17(10)23)13-6-7-14(15(19)8-13)16(22)20-12-4-2-11(18)3-5-12/h2-8,10H,9H2,1H3,(H,20,22). The van der Waals surface area contributed by atoms with Crippen molar-refractivity contribution in [2.24, 2.45) is 5.92 Å². The van der Waals surface area contributed by atoms with Crippen LogP contribution in [0.2, 0.25) is 10.0 Å². The molecule has 2 aromatic rings. The van der Waals surface area contributed by atoms with Crippen LogP contribution < -0.4 is 9.62 Å². The monoisotopic (exact) mass is 412 g/mol. The van der Waals surface area contributed by atoms with Crippen LogP contribution in [0.15, 0.2) is 42.5 Å². The maximum atomic E-state index is 12.4. The van der Waals surface area contributed by atoms with Crippen molar-refractivity contribution in [3.8, 4) is 0 Å².